The Kier molecular flexibility index (Phi) is 5.76. The van der Waals surface area contributed by atoms with Gasteiger partial charge in [-0.1, -0.05) is 12.1 Å². The van der Waals surface area contributed by atoms with Crippen LogP contribution in [0.25, 0.3) is 11.3 Å². The van der Waals surface area contributed by atoms with Gasteiger partial charge in [0.25, 0.3) is 10.0 Å². The Morgan fingerprint density at radius 3 is 2.47 bits per heavy atom. The summed E-state index contributed by atoms with van der Waals surface area (Å²) in [7, 11) is -2.56. The highest BCUT2D eigenvalue weighted by Gasteiger charge is 2.44. The molecular formula is C19H16ClF3N2O4S. The molecule has 0 fully saturated rings. The number of alkyl halides is 2. The molecule has 1 aromatic heterocycles. The molecule has 160 valence electrons. The number of halogens is 4. The van der Waals surface area contributed by atoms with Crippen molar-refractivity contribution in [3.8, 4) is 22.8 Å². The zero-order chi connectivity index (χ0) is 20.8. The van der Waals surface area contributed by atoms with Gasteiger partial charge in [-0.3, -0.25) is 0 Å². The average molecular weight is 461 g/mol. The van der Waals surface area contributed by atoms with Crippen molar-refractivity contribution in [2.45, 2.75) is 17.7 Å². The third kappa shape index (κ3) is 3.85. The molecule has 0 saturated heterocycles. The fourth-order valence-corrected chi connectivity index (χ4v) is 4.47. The van der Waals surface area contributed by atoms with Crippen LogP contribution < -0.4 is 14.8 Å². The van der Waals surface area contributed by atoms with E-state index in [1.54, 1.807) is 19.2 Å². The van der Waals surface area contributed by atoms with Crippen LogP contribution in [0, 0.1) is 5.82 Å². The number of fused-ring (bicyclic) bond motifs is 1. The maximum absolute atomic E-state index is 14.4. The van der Waals surface area contributed by atoms with Crippen LogP contribution in [0.2, 0.25) is 0 Å². The van der Waals surface area contributed by atoms with Crippen molar-refractivity contribution >= 4 is 22.4 Å². The number of rotatable bonds is 5. The van der Waals surface area contributed by atoms with Crippen LogP contribution >= 0.6 is 12.4 Å². The van der Waals surface area contributed by atoms with E-state index in [-0.39, 0.29) is 34.3 Å². The number of benzene rings is 2. The predicted molar refractivity (Wildman–Crippen MR) is 105 cm³/mol. The molecule has 0 saturated carbocycles. The highest BCUT2D eigenvalue weighted by Crippen LogP contribution is 2.42. The van der Waals surface area contributed by atoms with Gasteiger partial charge in [-0.05, 0) is 42.9 Å². The first-order valence-electron chi connectivity index (χ1n) is 8.47. The Morgan fingerprint density at radius 1 is 1.07 bits per heavy atom. The molecule has 0 amide bonds. The third-order valence-corrected chi connectivity index (χ3v) is 5.97. The van der Waals surface area contributed by atoms with E-state index in [0.29, 0.717) is 12.1 Å². The summed E-state index contributed by atoms with van der Waals surface area (Å²) in [6.45, 7) is 0.345. The SMILES string of the molecule is CNCc1cc(-c2ccccc2F)n(S(=O)(=O)c2ccc3c(c2)OC(F)(F)O3)c1.Cl. The quantitative estimate of drug-likeness (QED) is 0.623. The minimum absolute atomic E-state index is 0. The molecule has 2 heterocycles. The molecule has 4 rings (SSSR count). The molecule has 1 aliphatic rings. The van der Waals surface area contributed by atoms with Gasteiger partial charge in [0, 0.05) is 24.4 Å². The van der Waals surface area contributed by atoms with Crippen LogP contribution in [0.5, 0.6) is 11.5 Å². The summed E-state index contributed by atoms with van der Waals surface area (Å²) in [5.74, 6) is -1.26. The molecule has 30 heavy (non-hydrogen) atoms. The first-order chi connectivity index (χ1) is 13.7. The van der Waals surface area contributed by atoms with Crippen molar-refractivity contribution in [1.82, 2.24) is 9.29 Å². The first kappa shape index (κ1) is 22.0. The average Bonchev–Trinajstić information content (AvgIpc) is 3.21. The van der Waals surface area contributed by atoms with Gasteiger partial charge in [-0.2, -0.15) is 0 Å². The van der Waals surface area contributed by atoms with Crippen LogP contribution in [0.4, 0.5) is 13.2 Å². The summed E-state index contributed by atoms with van der Waals surface area (Å²) in [6.07, 6.45) is -2.51. The third-order valence-electron chi connectivity index (χ3n) is 4.30. The largest absolute Gasteiger partial charge is 0.586 e. The lowest BCUT2D eigenvalue weighted by molar-refractivity contribution is -0.286. The standard InChI is InChI=1S/C19H15F3N2O4S.ClH/c1-23-10-12-8-16(14-4-2-3-5-15(14)20)24(11-12)29(25,26)13-6-7-17-18(9-13)28-19(21,22)27-17;/h2-9,11,23H,10H2,1H3;1H. The Balaban J connectivity index is 0.00000256. The second kappa shape index (κ2) is 7.86. The molecule has 0 unspecified atom stereocenters. The van der Waals surface area contributed by atoms with Gasteiger partial charge in [-0.25, -0.2) is 16.8 Å². The van der Waals surface area contributed by atoms with E-state index in [2.05, 4.69) is 14.8 Å². The van der Waals surface area contributed by atoms with E-state index in [0.717, 1.165) is 22.2 Å². The molecule has 11 heteroatoms. The smallest absolute Gasteiger partial charge is 0.395 e. The summed E-state index contributed by atoms with van der Waals surface area (Å²) in [6, 6.07) is 10.5. The fourth-order valence-electron chi connectivity index (χ4n) is 3.07. The Labute approximate surface area is 176 Å². The lowest BCUT2D eigenvalue weighted by Crippen LogP contribution is -2.25. The van der Waals surface area contributed by atoms with Crippen molar-refractivity contribution in [2.75, 3.05) is 7.05 Å². The lowest BCUT2D eigenvalue weighted by Gasteiger charge is -2.11. The van der Waals surface area contributed by atoms with Crippen molar-refractivity contribution in [3.63, 3.8) is 0 Å². The van der Waals surface area contributed by atoms with E-state index in [9.17, 15) is 21.6 Å². The highest BCUT2D eigenvalue weighted by atomic mass is 35.5. The number of aromatic nitrogens is 1. The van der Waals surface area contributed by atoms with Gasteiger partial charge in [0.2, 0.25) is 0 Å². The maximum atomic E-state index is 14.4. The topological polar surface area (TPSA) is 69.6 Å². The number of hydrogen-bond donors (Lipinski definition) is 1. The van der Waals surface area contributed by atoms with E-state index in [4.69, 9.17) is 0 Å². The van der Waals surface area contributed by atoms with Gasteiger partial charge in [0.15, 0.2) is 11.5 Å². The van der Waals surface area contributed by atoms with Gasteiger partial charge in [0.1, 0.15) is 5.82 Å². The van der Waals surface area contributed by atoms with Crippen molar-refractivity contribution in [2.24, 2.45) is 0 Å². The van der Waals surface area contributed by atoms with Crippen molar-refractivity contribution in [1.29, 1.82) is 0 Å². The summed E-state index contributed by atoms with van der Waals surface area (Å²) in [4.78, 5) is -0.304. The van der Waals surface area contributed by atoms with Crippen LogP contribution in [-0.4, -0.2) is 25.7 Å². The minimum Gasteiger partial charge on any atom is -0.395 e. The number of hydrogen-bond acceptors (Lipinski definition) is 5. The monoisotopic (exact) mass is 460 g/mol. The normalized spacial score (nSPS) is 14.4. The molecular weight excluding hydrogens is 445 g/mol. The molecule has 0 radical (unpaired) electrons. The summed E-state index contributed by atoms with van der Waals surface area (Å²) in [5.41, 5.74) is 0.795. The molecule has 2 aromatic carbocycles. The van der Waals surface area contributed by atoms with Gasteiger partial charge >= 0.3 is 6.29 Å². The zero-order valence-electron chi connectivity index (χ0n) is 15.4. The van der Waals surface area contributed by atoms with Gasteiger partial charge < -0.3 is 14.8 Å². The van der Waals surface area contributed by atoms with Gasteiger partial charge in [-0.15, -0.1) is 21.2 Å². The van der Waals surface area contributed by atoms with Crippen molar-refractivity contribution in [3.05, 3.63) is 66.1 Å². The summed E-state index contributed by atoms with van der Waals surface area (Å²) < 4.78 is 77.0. The predicted octanol–water partition coefficient (Wildman–Crippen LogP) is 3.99. The second-order valence-electron chi connectivity index (χ2n) is 6.32. The van der Waals surface area contributed by atoms with Crippen molar-refractivity contribution < 1.29 is 31.1 Å². The first-order valence-corrected chi connectivity index (χ1v) is 9.91. The summed E-state index contributed by atoms with van der Waals surface area (Å²) in [5, 5.41) is 2.90. The molecule has 6 nitrogen and oxygen atoms in total. The zero-order valence-corrected chi connectivity index (χ0v) is 17.1. The van der Waals surface area contributed by atoms with E-state index in [1.165, 1.54) is 24.4 Å². The maximum Gasteiger partial charge on any atom is 0.586 e. The Morgan fingerprint density at radius 2 is 1.77 bits per heavy atom. The second-order valence-corrected chi connectivity index (χ2v) is 8.14. The van der Waals surface area contributed by atoms with E-state index < -0.39 is 27.9 Å². The number of nitrogens with zero attached hydrogens (tertiary/aromatic N) is 1. The van der Waals surface area contributed by atoms with E-state index >= 15 is 0 Å². The molecule has 1 aliphatic heterocycles. The molecule has 3 aromatic rings. The molecule has 0 spiro atoms. The van der Waals surface area contributed by atoms with Crippen LogP contribution in [-0.2, 0) is 16.6 Å². The van der Waals surface area contributed by atoms with Crippen LogP contribution in [0.1, 0.15) is 5.56 Å². The van der Waals surface area contributed by atoms with Crippen LogP contribution in [0.3, 0.4) is 0 Å². The molecule has 0 aliphatic carbocycles. The number of nitrogens with one attached hydrogen (secondary N) is 1. The lowest BCUT2D eigenvalue weighted by atomic mass is 10.1. The Hall–Kier alpha value is -2.69. The van der Waals surface area contributed by atoms with Crippen LogP contribution in [0.15, 0.2) is 59.6 Å². The molecule has 0 atom stereocenters. The Bertz CT molecular complexity index is 1200. The fraction of sp³-hybridized carbons (Fsp3) is 0.158. The van der Waals surface area contributed by atoms with E-state index in [1.807, 2.05) is 0 Å². The highest BCUT2D eigenvalue weighted by molar-refractivity contribution is 7.90. The molecule has 0 bridgehead atoms. The van der Waals surface area contributed by atoms with Gasteiger partial charge in [0.05, 0.1) is 10.6 Å². The summed E-state index contributed by atoms with van der Waals surface area (Å²) >= 11 is 0. The minimum atomic E-state index is -4.25. The number of ether oxygens (including phenoxy) is 2. The molecule has 1 N–H and O–H groups in total.